The molecule has 0 N–H and O–H groups in total. The minimum atomic E-state index is -4.09. The summed E-state index contributed by atoms with van der Waals surface area (Å²) in [5.41, 5.74) is 6.92. The van der Waals surface area contributed by atoms with Crippen LogP contribution in [0.15, 0.2) is 0 Å². The Morgan fingerprint density at radius 1 is 0.643 bits per heavy atom. The summed E-state index contributed by atoms with van der Waals surface area (Å²) in [5, 5.41) is 1.11. The van der Waals surface area contributed by atoms with Crippen LogP contribution < -0.4 is 4.89 Å². The van der Waals surface area contributed by atoms with Crippen molar-refractivity contribution < 1.29 is 18.5 Å². The van der Waals surface area contributed by atoms with E-state index in [2.05, 4.69) is 24.1 Å². The van der Waals surface area contributed by atoms with Crippen molar-refractivity contribution in [1.82, 2.24) is 0 Å². The Morgan fingerprint density at radius 3 is 1.39 bits per heavy atom. The van der Waals surface area contributed by atoms with Gasteiger partial charge in [0.15, 0.2) is 0 Å². The van der Waals surface area contributed by atoms with Gasteiger partial charge >= 0.3 is 114 Å². The van der Waals surface area contributed by atoms with E-state index in [1.807, 2.05) is 0 Å². The molecule has 0 saturated heterocycles. The van der Waals surface area contributed by atoms with E-state index in [-0.39, 0.29) is 13.2 Å². The SMILES string of the molecule is CCCCCCCCCCCCCCCCOP(=O)([O-])OCCC[As](C)(C)C. The summed E-state index contributed by atoms with van der Waals surface area (Å²) in [6.07, 6.45) is 18.8. The van der Waals surface area contributed by atoms with Crippen molar-refractivity contribution >= 4 is 21.4 Å². The van der Waals surface area contributed by atoms with E-state index in [4.69, 9.17) is 9.05 Å². The molecule has 171 valence electrons. The van der Waals surface area contributed by atoms with Crippen LogP contribution in [0, 0.1) is 0 Å². The van der Waals surface area contributed by atoms with Crippen molar-refractivity contribution in [2.75, 3.05) is 13.2 Å². The fourth-order valence-electron chi connectivity index (χ4n) is 3.23. The number of rotatable bonds is 21. The van der Waals surface area contributed by atoms with Crippen molar-refractivity contribution in [3.05, 3.63) is 0 Å². The first-order valence-electron chi connectivity index (χ1n) is 11.7. The molecule has 0 aromatic rings. The third-order valence-corrected chi connectivity index (χ3v) is 9.45. The van der Waals surface area contributed by atoms with E-state index in [1.54, 1.807) is 0 Å². The van der Waals surface area contributed by atoms with Gasteiger partial charge in [0.1, 0.15) is 0 Å². The van der Waals surface area contributed by atoms with E-state index in [1.165, 1.54) is 77.0 Å². The van der Waals surface area contributed by atoms with Gasteiger partial charge in [-0.05, 0) is 0 Å². The Morgan fingerprint density at radius 2 is 1.00 bits per heavy atom. The van der Waals surface area contributed by atoms with E-state index in [0.717, 1.165) is 24.5 Å². The van der Waals surface area contributed by atoms with Crippen LogP contribution in [0.2, 0.25) is 22.3 Å². The molecule has 0 aliphatic heterocycles. The Hall–Kier alpha value is 0.668. The van der Waals surface area contributed by atoms with E-state index in [0.29, 0.717) is 0 Å². The molecule has 1 unspecified atom stereocenters. The van der Waals surface area contributed by atoms with Gasteiger partial charge in [-0.1, -0.05) is 64.7 Å². The van der Waals surface area contributed by atoms with Gasteiger partial charge in [0.2, 0.25) is 0 Å². The summed E-state index contributed by atoms with van der Waals surface area (Å²) < 4.78 is 21.6. The van der Waals surface area contributed by atoms with Crippen molar-refractivity contribution in [3.63, 3.8) is 0 Å². The Balaban J connectivity index is 3.32. The third kappa shape index (κ3) is 23.0. The molecule has 1 radical (unpaired) electrons. The fraction of sp³-hybridized carbons (Fsp3) is 1.00. The van der Waals surface area contributed by atoms with Crippen LogP contribution in [0.5, 0.6) is 0 Å². The van der Waals surface area contributed by atoms with Gasteiger partial charge in [0, 0.05) is 0 Å². The molecule has 4 nitrogen and oxygen atoms in total. The van der Waals surface area contributed by atoms with Crippen molar-refractivity contribution in [3.8, 4) is 0 Å². The van der Waals surface area contributed by atoms with Gasteiger partial charge < -0.3 is 0 Å². The van der Waals surface area contributed by atoms with Crippen LogP contribution in [-0.4, -0.2) is 26.8 Å². The van der Waals surface area contributed by atoms with Crippen molar-refractivity contribution in [2.24, 2.45) is 0 Å². The van der Waals surface area contributed by atoms with E-state index >= 15 is 0 Å². The zero-order valence-corrected chi connectivity index (χ0v) is 22.0. The quantitative estimate of drug-likeness (QED) is 0.0956. The normalized spacial score (nSPS) is 14.3. The molecule has 0 heterocycles. The van der Waals surface area contributed by atoms with Crippen LogP contribution in [0.1, 0.15) is 103 Å². The first-order valence-corrected chi connectivity index (χ1v) is 20.1. The molecular formula is C22H48AsO4P-. The summed E-state index contributed by atoms with van der Waals surface area (Å²) in [7, 11) is -4.09. The maximum atomic E-state index is 11.7. The molecule has 0 fully saturated rings. The molecule has 1 atom stereocenters. The van der Waals surface area contributed by atoms with Gasteiger partial charge in [-0.25, -0.2) is 0 Å². The summed E-state index contributed by atoms with van der Waals surface area (Å²) in [4.78, 5) is 11.7. The zero-order valence-electron chi connectivity index (χ0n) is 19.3. The van der Waals surface area contributed by atoms with Gasteiger partial charge in [0.05, 0.1) is 0 Å². The van der Waals surface area contributed by atoms with Crippen LogP contribution >= 0.6 is 7.82 Å². The summed E-state index contributed by atoms with van der Waals surface area (Å²) in [6, 6.07) is 0. The maximum absolute atomic E-state index is 11.7. The van der Waals surface area contributed by atoms with Gasteiger partial charge in [-0.2, -0.15) is 0 Å². The fourth-order valence-corrected chi connectivity index (χ4v) is 6.27. The van der Waals surface area contributed by atoms with Crippen LogP contribution in [0.25, 0.3) is 0 Å². The second-order valence-corrected chi connectivity index (χ2v) is 21.0. The third-order valence-electron chi connectivity index (χ3n) is 4.97. The first-order chi connectivity index (χ1) is 13.3. The molecule has 0 aliphatic carbocycles. The van der Waals surface area contributed by atoms with Gasteiger partial charge in [0.25, 0.3) is 0 Å². The summed E-state index contributed by atoms with van der Waals surface area (Å²) >= 11 is -1.45. The predicted octanol–water partition coefficient (Wildman–Crippen LogP) is 7.70. The van der Waals surface area contributed by atoms with E-state index in [9.17, 15) is 9.46 Å². The number of phosphoric ester groups is 1. The first kappa shape index (κ1) is 28.7. The van der Waals surface area contributed by atoms with Gasteiger partial charge in [-0.15, -0.1) is 0 Å². The molecule has 0 aromatic heterocycles. The monoisotopic (exact) mass is 482 g/mol. The molecule has 0 saturated carbocycles. The van der Waals surface area contributed by atoms with Crippen molar-refractivity contribution in [1.29, 1.82) is 0 Å². The second kappa shape index (κ2) is 18.4. The molecule has 28 heavy (non-hydrogen) atoms. The van der Waals surface area contributed by atoms with Crippen LogP contribution in [-0.2, 0) is 13.6 Å². The number of hydrogen-bond acceptors (Lipinski definition) is 4. The second-order valence-electron chi connectivity index (χ2n) is 9.08. The van der Waals surface area contributed by atoms with Gasteiger partial charge in [-0.3, -0.25) is 0 Å². The molecular weight excluding hydrogens is 434 g/mol. The van der Waals surface area contributed by atoms with Crippen LogP contribution in [0.3, 0.4) is 0 Å². The van der Waals surface area contributed by atoms with Crippen LogP contribution in [0.4, 0.5) is 0 Å². The minimum absolute atomic E-state index is 0.259. The summed E-state index contributed by atoms with van der Waals surface area (Å²) in [5.74, 6) is 0. The Labute approximate surface area is 178 Å². The standard InChI is InChI=1S/C22H49AsO4P/c1-5-6-7-8-9-10-11-12-13-14-15-16-17-18-21-26-28(24,25)27-22-19-20-23(2,3)4/h5-22H2,1-4H3,(H,24,25)/p-1. The molecule has 0 aromatic carbocycles. The molecule has 0 bridgehead atoms. The predicted molar refractivity (Wildman–Crippen MR) is 123 cm³/mol. The number of hydrogen-bond donors (Lipinski definition) is 0. The molecule has 0 rings (SSSR count). The average Bonchev–Trinajstić information content (AvgIpc) is 2.61. The Kier molecular flexibility index (Phi) is 18.9. The molecule has 6 heteroatoms. The topological polar surface area (TPSA) is 58.6 Å². The number of phosphoric acid groups is 1. The average molecular weight is 483 g/mol. The van der Waals surface area contributed by atoms with E-state index < -0.39 is 21.4 Å². The molecule has 0 aliphatic rings. The number of unbranched alkanes of at least 4 members (excludes halogenated alkanes) is 13. The zero-order chi connectivity index (χ0) is 21.1. The molecule has 0 amide bonds. The van der Waals surface area contributed by atoms with Crippen molar-refractivity contribution in [2.45, 2.75) is 126 Å². The Bertz CT molecular complexity index is 385. The summed E-state index contributed by atoms with van der Waals surface area (Å²) in [6.45, 7) is 2.79. The molecule has 0 spiro atoms.